The maximum atomic E-state index is 12.6. The normalized spacial score (nSPS) is 22.0. The Labute approximate surface area is 144 Å². The lowest BCUT2D eigenvalue weighted by Crippen LogP contribution is -2.50. The first-order valence-electron chi connectivity index (χ1n) is 8.12. The molecule has 2 aromatic rings. The van der Waals surface area contributed by atoms with Gasteiger partial charge in [-0.05, 0) is 30.5 Å². The largest absolute Gasteiger partial charge is 0.324 e. The van der Waals surface area contributed by atoms with Gasteiger partial charge in [0.1, 0.15) is 0 Å². The summed E-state index contributed by atoms with van der Waals surface area (Å²) < 4.78 is 1.86. The van der Waals surface area contributed by atoms with Gasteiger partial charge < -0.3 is 14.8 Å². The van der Waals surface area contributed by atoms with E-state index in [2.05, 4.69) is 5.32 Å². The zero-order valence-electron chi connectivity index (χ0n) is 13.1. The van der Waals surface area contributed by atoms with Crippen LogP contribution in [0.3, 0.4) is 0 Å². The first kappa shape index (κ1) is 15.3. The zero-order valence-corrected chi connectivity index (χ0v) is 13.9. The van der Waals surface area contributed by atoms with Crippen molar-refractivity contribution in [3.8, 4) is 0 Å². The van der Waals surface area contributed by atoms with Gasteiger partial charge >= 0.3 is 6.03 Å². The van der Waals surface area contributed by atoms with E-state index < -0.39 is 0 Å². The molecule has 2 aliphatic heterocycles. The highest BCUT2D eigenvalue weighted by Crippen LogP contribution is 2.35. The van der Waals surface area contributed by atoms with Crippen molar-refractivity contribution >= 4 is 23.3 Å². The molecular formula is C18H18ClN3O2. The van der Waals surface area contributed by atoms with Crippen LogP contribution in [0.15, 0.2) is 47.3 Å². The minimum atomic E-state index is -0.135. The van der Waals surface area contributed by atoms with E-state index in [1.54, 1.807) is 24.3 Å². The Morgan fingerprint density at radius 3 is 2.75 bits per heavy atom. The highest BCUT2D eigenvalue weighted by molar-refractivity contribution is 6.33. The lowest BCUT2D eigenvalue weighted by atomic mass is 9.83. The minimum Gasteiger partial charge on any atom is -0.324 e. The maximum Gasteiger partial charge on any atom is 0.321 e. The molecule has 0 radical (unpaired) electrons. The average molecular weight is 344 g/mol. The molecule has 0 aliphatic carbocycles. The van der Waals surface area contributed by atoms with E-state index in [0.717, 1.165) is 12.1 Å². The second-order valence-corrected chi connectivity index (χ2v) is 6.92. The quantitative estimate of drug-likeness (QED) is 0.864. The van der Waals surface area contributed by atoms with Crippen LogP contribution in [0.2, 0.25) is 5.02 Å². The second kappa shape index (κ2) is 5.98. The first-order valence-corrected chi connectivity index (χ1v) is 8.50. The van der Waals surface area contributed by atoms with Gasteiger partial charge in [-0.15, -0.1) is 0 Å². The van der Waals surface area contributed by atoms with Crippen molar-refractivity contribution in [3.63, 3.8) is 0 Å². The number of hydrogen-bond donors (Lipinski definition) is 1. The Balaban J connectivity index is 1.55. The third kappa shape index (κ3) is 2.69. The topological polar surface area (TPSA) is 54.3 Å². The van der Waals surface area contributed by atoms with Gasteiger partial charge in [-0.3, -0.25) is 4.79 Å². The summed E-state index contributed by atoms with van der Waals surface area (Å²) in [7, 11) is 0. The van der Waals surface area contributed by atoms with E-state index in [-0.39, 0.29) is 17.5 Å². The van der Waals surface area contributed by atoms with Gasteiger partial charge in [0.2, 0.25) is 0 Å². The fourth-order valence-electron chi connectivity index (χ4n) is 3.82. The van der Waals surface area contributed by atoms with Crippen LogP contribution in [0.5, 0.6) is 0 Å². The summed E-state index contributed by atoms with van der Waals surface area (Å²) >= 11 is 6.12. The van der Waals surface area contributed by atoms with Gasteiger partial charge in [-0.1, -0.05) is 29.8 Å². The van der Waals surface area contributed by atoms with Gasteiger partial charge in [0.15, 0.2) is 0 Å². The number of likely N-dealkylation sites (tertiary alicyclic amines) is 1. The Bertz CT molecular complexity index is 848. The number of anilines is 1. The summed E-state index contributed by atoms with van der Waals surface area (Å²) in [6.45, 7) is 1.96. The number of benzene rings is 1. The number of urea groups is 1. The van der Waals surface area contributed by atoms with Crippen LogP contribution in [0.4, 0.5) is 10.5 Å². The van der Waals surface area contributed by atoms with Gasteiger partial charge in [-0.25, -0.2) is 4.79 Å². The number of piperidine rings is 1. The number of para-hydroxylation sites is 1. The zero-order chi connectivity index (χ0) is 16.7. The summed E-state index contributed by atoms with van der Waals surface area (Å²) in [6, 6.07) is 12.5. The lowest BCUT2D eigenvalue weighted by molar-refractivity contribution is 0.139. The molecule has 2 amide bonds. The lowest BCUT2D eigenvalue weighted by Gasteiger charge is -2.42. The molecule has 4 rings (SSSR count). The van der Waals surface area contributed by atoms with Crippen LogP contribution in [-0.2, 0) is 6.54 Å². The molecule has 0 spiro atoms. The number of nitrogens with one attached hydrogen (secondary N) is 1. The van der Waals surface area contributed by atoms with Crippen molar-refractivity contribution < 1.29 is 4.79 Å². The van der Waals surface area contributed by atoms with E-state index in [1.165, 1.54) is 0 Å². The summed E-state index contributed by atoms with van der Waals surface area (Å²) in [6.07, 6.45) is 1.03. The van der Waals surface area contributed by atoms with E-state index >= 15 is 0 Å². The first-order chi connectivity index (χ1) is 11.6. The smallest absolute Gasteiger partial charge is 0.321 e. The second-order valence-electron chi connectivity index (χ2n) is 6.51. The summed E-state index contributed by atoms with van der Waals surface area (Å²) in [5, 5.41) is 3.42. The van der Waals surface area contributed by atoms with Crippen LogP contribution in [0, 0.1) is 5.92 Å². The highest BCUT2D eigenvalue weighted by Gasteiger charge is 2.36. The van der Waals surface area contributed by atoms with Crippen molar-refractivity contribution in [1.82, 2.24) is 9.47 Å². The molecule has 1 fully saturated rings. The molecule has 1 aromatic heterocycles. The monoisotopic (exact) mass is 343 g/mol. The van der Waals surface area contributed by atoms with Crippen molar-refractivity contribution in [1.29, 1.82) is 0 Å². The molecule has 0 unspecified atom stereocenters. The predicted octanol–water partition coefficient (Wildman–Crippen LogP) is 3.15. The van der Waals surface area contributed by atoms with E-state index in [0.29, 0.717) is 36.3 Å². The number of pyridine rings is 1. The number of hydrogen-bond acceptors (Lipinski definition) is 2. The number of aromatic nitrogens is 1. The number of amides is 2. The van der Waals surface area contributed by atoms with Crippen molar-refractivity contribution in [2.75, 3.05) is 18.4 Å². The number of rotatable bonds is 1. The molecule has 1 aromatic carbocycles. The molecule has 2 atom stereocenters. The minimum absolute atomic E-state index is 0.0520. The van der Waals surface area contributed by atoms with Crippen LogP contribution in [-0.4, -0.2) is 28.6 Å². The highest BCUT2D eigenvalue weighted by atomic mass is 35.5. The summed E-state index contributed by atoms with van der Waals surface area (Å²) in [5.41, 5.74) is 1.71. The molecule has 2 bridgehead atoms. The van der Waals surface area contributed by atoms with Gasteiger partial charge in [0, 0.05) is 37.3 Å². The molecule has 124 valence electrons. The van der Waals surface area contributed by atoms with E-state index in [1.807, 2.05) is 27.7 Å². The van der Waals surface area contributed by atoms with Gasteiger partial charge in [0.05, 0.1) is 10.7 Å². The van der Waals surface area contributed by atoms with Crippen molar-refractivity contribution in [2.45, 2.75) is 18.9 Å². The number of fused-ring (bicyclic) bond motifs is 4. The molecule has 0 saturated carbocycles. The van der Waals surface area contributed by atoms with Gasteiger partial charge in [0.25, 0.3) is 5.56 Å². The number of carbonyl (C=O) groups is 1. The average Bonchev–Trinajstić information content (AvgIpc) is 2.58. The molecular weight excluding hydrogens is 326 g/mol. The Morgan fingerprint density at radius 2 is 1.92 bits per heavy atom. The maximum absolute atomic E-state index is 12.6. The summed E-state index contributed by atoms with van der Waals surface area (Å²) in [4.78, 5) is 26.5. The SMILES string of the molecule is O=C(Nc1ccccc1Cl)N1C[C@H]2C[C@@H](C1)c1cccc(=O)n1C2. The molecule has 6 heteroatoms. The van der Waals surface area contributed by atoms with Crippen molar-refractivity contribution in [2.24, 2.45) is 5.92 Å². The molecule has 1 saturated heterocycles. The Hall–Kier alpha value is -2.27. The number of halogens is 1. The van der Waals surface area contributed by atoms with E-state index in [4.69, 9.17) is 11.6 Å². The van der Waals surface area contributed by atoms with Crippen LogP contribution < -0.4 is 10.9 Å². The van der Waals surface area contributed by atoms with E-state index in [9.17, 15) is 9.59 Å². The molecule has 1 N–H and O–H groups in total. The van der Waals surface area contributed by atoms with Crippen LogP contribution >= 0.6 is 11.6 Å². The third-order valence-corrected chi connectivity index (χ3v) is 5.21. The van der Waals surface area contributed by atoms with Gasteiger partial charge in [-0.2, -0.15) is 0 Å². The molecule has 24 heavy (non-hydrogen) atoms. The predicted molar refractivity (Wildman–Crippen MR) is 93.6 cm³/mol. The number of carbonyl (C=O) groups excluding carboxylic acids is 1. The Morgan fingerprint density at radius 1 is 1.08 bits per heavy atom. The third-order valence-electron chi connectivity index (χ3n) is 4.88. The molecule has 5 nitrogen and oxygen atoms in total. The van der Waals surface area contributed by atoms with Crippen LogP contribution in [0.25, 0.3) is 0 Å². The molecule has 3 heterocycles. The Kier molecular flexibility index (Phi) is 3.81. The van der Waals surface area contributed by atoms with Crippen LogP contribution in [0.1, 0.15) is 18.0 Å². The fourth-order valence-corrected chi connectivity index (χ4v) is 4.00. The fraction of sp³-hybridized carbons (Fsp3) is 0.333. The van der Waals surface area contributed by atoms with Crippen molar-refractivity contribution in [3.05, 3.63) is 63.5 Å². The molecule has 2 aliphatic rings. The standard InChI is InChI=1S/C18H18ClN3O2/c19-14-4-1-2-5-15(14)20-18(24)21-9-12-8-13(11-21)16-6-3-7-17(23)22(16)10-12/h1-7,12-13H,8-11H2,(H,20,24)/t12-,13+/m1/s1. The number of nitrogens with zero attached hydrogens (tertiary/aromatic N) is 2. The summed E-state index contributed by atoms with van der Waals surface area (Å²) in [5.74, 6) is 0.525.